The van der Waals surface area contributed by atoms with Crippen LogP contribution in [0.2, 0.25) is 0 Å². The van der Waals surface area contributed by atoms with Crippen LogP contribution in [0.5, 0.6) is 5.88 Å². The second-order valence-electron chi connectivity index (χ2n) is 12.0. The molecule has 40 heavy (non-hydrogen) atoms. The molecule has 1 fully saturated rings. The predicted molar refractivity (Wildman–Crippen MR) is 162 cm³/mol. The van der Waals surface area contributed by atoms with E-state index in [2.05, 4.69) is 27.7 Å². The number of unbranched alkanes of at least 4 members (excludes halogenated alkanes) is 3. The third kappa shape index (κ3) is 8.34. The number of aryl methyl sites for hydroxylation is 1. The van der Waals surface area contributed by atoms with Gasteiger partial charge in [-0.25, -0.2) is 9.69 Å². The van der Waals surface area contributed by atoms with Gasteiger partial charge in [0.2, 0.25) is 5.88 Å². The summed E-state index contributed by atoms with van der Waals surface area (Å²) in [6.45, 7) is 17.0. The molecular weight excluding hydrogens is 508 g/mol. The number of aromatic nitrogens is 2. The Morgan fingerprint density at radius 3 is 2.17 bits per heavy atom. The number of aliphatic hydroxyl groups excluding tert-OH is 1. The van der Waals surface area contributed by atoms with Gasteiger partial charge in [-0.1, -0.05) is 53.4 Å². The van der Waals surface area contributed by atoms with Gasteiger partial charge in [0.15, 0.2) is 0 Å². The highest BCUT2D eigenvalue weighted by Crippen LogP contribution is 2.37. The van der Waals surface area contributed by atoms with Crippen molar-refractivity contribution in [1.29, 1.82) is 0 Å². The zero-order valence-electron chi connectivity index (χ0n) is 26.5. The van der Waals surface area contributed by atoms with Crippen molar-refractivity contribution in [1.82, 2.24) is 14.0 Å². The Morgan fingerprint density at radius 1 is 0.950 bits per heavy atom. The van der Waals surface area contributed by atoms with Crippen molar-refractivity contribution in [2.24, 2.45) is 5.41 Å². The maximum atomic E-state index is 12.8. The number of aromatic hydroxyl groups is 1. The van der Waals surface area contributed by atoms with Crippen molar-refractivity contribution in [3.8, 4) is 5.88 Å². The summed E-state index contributed by atoms with van der Waals surface area (Å²) in [5, 5.41) is 33.3. The lowest BCUT2D eigenvalue weighted by molar-refractivity contribution is -0.919. The average Bonchev–Trinajstić information content (AvgIpc) is 3.43. The Bertz CT molecular complexity index is 908. The van der Waals surface area contributed by atoms with Crippen LogP contribution in [0, 0.1) is 10.6 Å². The second-order valence-corrected chi connectivity index (χ2v) is 12.0. The molecule has 2 N–H and O–H groups in total. The first kappa shape index (κ1) is 34.8. The monoisotopic (exact) mass is 568 g/mol. The van der Waals surface area contributed by atoms with Crippen LogP contribution >= 0.6 is 0 Å². The van der Waals surface area contributed by atoms with Crippen LogP contribution in [0.4, 0.5) is 0 Å². The largest absolute Gasteiger partial charge is 0.630 e. The minimum Gasteiger partial charge on any atom is -0.630 e. The minimum atomic E-state index is -0.897. The first-order valence-electron chi connectivity index (χ1n) is 16.2. The highest BCUT2D eigenvalue weighted by Gasteiger charge is 2.38. The number of aliphatic hydroxyl groups is 1. The molecule has 0 aliphatic carbocycles. The van der Waals surface area contributed by atoms with Crippen LogP contribution in [0.1, 0.15) is 119 Å². The summed E-state index contributed by atoms with van der Waals surface area (Å²) in [6.07, 6.45) is 12.9. The SMILES string of the molecule is CCn1cc(O)n(C(CC)(CC)CCCCOCCC(CC)(CC)CCCCCN2CC[N+]([O-])(CC)C2O)c1=O. The van der Waals surface area contributed by atoms with E-state index in [9.17, 15) is 20.2 Å². The van der Waals surface area contributed by atoms with Gasteiger partial charge in [-0.3, -0.25) is 9.13 Å². The number of hydrogen-bond acceptors (Lipinski definition) is 6. The molecular formula is C31H60N4O5. The Hall–Kier alpha value is -1.39. The van der Waals surface area contributed by atoms with E-state index in [0.717, 1.165) is 84.0 Å². The molecule has 234 valence electrons. The van der Waals surface area contributed by atoms with Gasteiger partial charge in [-0.15, -0.1) is 0 Å². The zero-order chi connectivity index (χ0) is 29.8. The molecule has 0 bridgehead atoms. The Balaban J connectivity index is 1.71. The number of ether oxygens (including phenoxy) is 1. The topological polar surface area (TPSA) is 103 Å². The third-order valence-corrected chi connectivity index (χ3v) is 10.2. The molecule has 0 spiro atoms. The fraction of sp³-hybridized carbons (Fsp3) is 0.903. The van der Waals surface area contributed by atoms with Crippen molar-refractivity contribution < 1.29 is 19.6 Å². The highest BCUT2D eigenvalue weighted by atomic mass is 16.6. The number of hydroxylamine groups is 3. The maximum Gasteiger partial charge on any atom is 0.331 e. The summed E-state index contributed by atoms with van der Waals surface area (Å²) < 4.78 is 8.79. The van der Waals surface area contributed by atoms with E-state index in [4.69, 9.17) is 4.74 Å². The molecule has 1 aliphatic rings. The molecule has 0 aromatic carbocycles. The fourth-order valence-electron chi connectivity index (χ4n) is 6.68. The van der Waals surface area contributed by atoms with Crippen LogP contribution < -0.4 is 5.69 Å². The average molecular weight is 569 g/mol. The van der Waals surface area contributed by atoms with E-state index < -0.39 is 11.0 Å². The maximum absolute atomic E-state index is 12.8. The molecule has 2 unspecified atom stereocenters. The minimum absolute atomic E-state index is 0.0659. The highest BCUT2D eigenvalue weighted by molar-refractivity contribution is 5.10. The van der Waals surface area contributed by atoms with Gasteiger partial charge in [0.25, 0.3) is 6.35 Å². The van der Waals surface area contributed by atoms with E-state index in [1.165, 1.54) is 12.8 Å². The second kappa shape index (κ2) is 16.3. The van der Waals surface area contributed by atoms with Gasteiger partial charge in [0.1, 0.15) is 0 Å². The van der Waals surface area contributed by atoms with Crippen LogP contribution in [-0.4, -0.2) is 74.6 Å². The van der Waals surface area contributed by atoms with Crippen LogP contribution in [0.15, 0.2) is 11.0 Å². The number of imidazole rings is 1. The zero-order valence-corrected chi connectivity index (χ0v) is 26.5. The number of rotatable bonds is 21. The molecule has 1 aromatic rings. The summed E-state index contributed by atoms with van der Waals surface area (Å²) in [5.74, 6) is 0.0659. The van der Waals surface area contributed by atoms with Crippen molar-refractivity contribution in [2.45, 2.75) is 137 Å². The van der Waals surface area contributed by atoms with Gasteiger partial charge in [0.05, 0.1) is 31.4 Å². The van der Waals surface area contributed by atoms with Crippen molar-refractivity contribution in [3.05, 3.63) is 21.9 Å². The molecule has 1 aliphatic heterocycles. The van der Waals surface area contributed by atoms with Gasteiger partial charge >= 0.3 is 5.69 Å². The molecule has 0 radical (unpaired) electrons. The van der Waals surface area contributed by atoms with Crippen LogP contribution in [-0.2, 0) is 16.8 Å². The van der Waals surface area contributed by atoms with E-state index >= 15 is 0 Å². The van der Waals surface area contributed by atoms with Crippen molar-refractivity contribution in [3.63, 3.8) is 0 Å². The molecule has 9 nitrogen and oxygen atoms in total. The van der Waals surface area contributed by atoms with Gasteiger partial charge in [-0.2, -0.15) is 0 Å². The lowest BCUT2D eigenvalue weighted by atomic mass is 9.75. The molecule has 0 amide bonds. The van der Waals surface area contributed by atoms with Crippen LogP contribution in [0.3, 0.4) is 0 Å². The summed E-state index contributed by atoms with van der Waals surface area (Å²) in [6, 6.07) is 0. The number of likely N-dealkylation sites (N-methyl/N-ethyl adjacent to an activating group) is 1. The number of hydrogen-bond donors (Lipinski definition) is 2. The number of nitrogens with zero attached hydrogens (tertiary/aromatic N) is 4. The molecule has 2 rings (SSSR count). The van der Waals surface area contributed by atoms with Crippen molar-refractivity contribution in [2.75, 3.05) is 39.4 Å². The van der Waals surface area contributed by atoms with E-state index in [1.807, 2.05) is 18.7 Å². The summed E-state index contributed by atoms with van der Waals surface area (Å²) in [4.78, 5) is 14.8. The Morgan fingerprint density at radius 2 is 1.62 bits per heavy atom. The van der Waals surface area contributed by atoms with Gasteiger partial charge in [0, 0.05) is 26.3 Å². The first-order chi connectivity index (χ1) is 19.1. The first-order valence-corrected chi connectivity index (χ1v) is 16.2. The molecule has 2 heterocycles. The van der Waals surface area contributed by atoms with E-state index in [1.54, 1.807) is 15.3 Å². The standard InChI is InChI=1S/C31H60N4O5/c1-7-30(8-2,18-14-13-16-21-33-22-23-35(39,12-6)29(33)38)20-25-40-24-17-15-19-31(9-3,10-4)34-27(36)26-32(11-5)28(34)37/h26,29,36,38H,7-25H2,1-6H3. The molecule has 2 atom stereocenters. The molecule has 1 aromatic heterocycles. The van der Waals surface area contributed by atoms with Gasteiger partial charge < -0.3 is 24.8 Å². The summed E-state index contributed by atoms with van der Waals surface area (Å²) in [7, 11) is 0. The molecule has 0 saturated carbocycles. The fourth-order valence-corrected chi connectivity index (χ4v) is 6.68. The van der Waals surface area contributed by atoms with Crippen molar-refractivity contribution >= 4 is 0 Å². The smallest absolute Gasteiger partial charge is 0.331 e. The Labute approximate surface area is 243 Å². The lowest BCUT2D eigenvalue weighted by Crippen LogP contribution is -2.50. The third-order valence-electron chi connectivity index (χ3n) is 10.2. The van der Waals surface area contributed by atoms with E-state index in [-0.39, 0.29) is 17.1 Å². The van der Waals surface area contributed by atoms with Crippen LogP contribution in [0.25, 0.3) is 0 Å². The molecule has 1 saturated heterocycles. The normalized spacial score (nSPS) is 20.6. The number of quaternary nitrogens is 1. The summed E-state index contributed by atoms with van der Waals surface area (Å²) >= 11 is 0. The van der Waals surface area contributed by atoms with Gasteiger partial charge in [-0.05, 0) is 70.6 Å². The van der Waals surface area contributed by atoms with E-state index in [0.29, 0.717) is 31.6 Å². The quantitative estimate of drug-likeness (QED) is 0.111. The lowest BCUT2D eigenvalue weighted by Gasteiger charge is -2.41. The molecule has 9 heteroatoms. The predicted octanol–water partition coefficient (Wildman–Crippen LogP) is 5.76. The summed E-state index contributed by atoms with van der Waals surface area (Å²) in [5.41, 5.74) is -0.174. The Kier molecular flexibility index (Phi) is 14.2.